The van der Waals surface area contributed by atoms with Crippen LogP contribution in [0.5, 0.6) is 0 Å². The summed E-state index contributed by atoms with van der Waals surface area (Å²) in [5.41, 5.74) is 2.15. The quantitative estimate of drug-likeness (QED) is 0.136. The van der Waals surface area contributed by atoms with Gasteiger partial charge in [-0.25, -0.2) is 4.57 Å². The first-order valence-electron chi connectivity index (χ1n) is 12.1. The molecule has 3 nitrogen and oxygen atoms in total. The van der Waals surface area contributed by atoms with Crippen LogP contribution in [0.2, 0.25) is 0 Å². The third-order valence-corrected chi connectivity index (χ3v) is 10.3. The van der Waals surface area contributed by atoms with Crippen LogP contribution >= 0.6 is 59.1 Å². The van der Waals surface area contributed by atoms with Gasteiger partial charge in [0.2, 0.25) is 0 Å². The highest BCUT2D eigenvalue weighted by atomic mass is 79.9. The van der Waals surface area contributed by atoms with Crippen molar-refractivity contribution < 1.29 is 0 Å². The van der Waals surface area contributed by atoms with E-state index in [0.29, 0.717) is 10.8 Å². The van der Waals surface area contributed by atoms with E-state index in [2.05, 4.69) is 87.6 Å². The highest BCUT2D eigenvalue weighted by molar-refractivity contribution is 9.11. The number of nitrogens with zero attached hydrogens (tertiary/aromatic N) is 1. The fourth-order valence-corrected chi connectivity index (χ4v) is 8.21. The summed E-state index contributed by atoms with van der Waals surface area (Å²) in [4.78, 5) is 28.6. The molecule has 186 valence electrons. The lowest BCUT2D eigenvalue weighted by atomic mass is 9.92. The van der Waals surface area contributed by atoms with E-state index in [-0.39, 0.29) is 23.0 Å². The number of aromatic nitrogens is 1. The first-order chi connectivity index (χ1) is 17.6. The predicted octanol–water partition coefficient (Wildman–Crippen LogP) is 9.84. The van der Waals surface area contributed by atoms with E-state index in [1.165, 1.54) is 4.57 Å². The summed E-state index contributed by atoms with van der Waals surface area (Å²) in [6.07, 6.45) is 0. The second-order valence-electron chi connectivity index (χ2n) is 10.0. The van der Waals surface area contributed by atoms with Gasteiger partial charge >= 0.3 is 0 Å². The maximum Gasteiger partial charge on any atom is 0.266 e. The monoisotopic (exact) mass is 697 g/mol. The van der Waals surface area contributed by atoms with Gasteiger partial charge in [-0.05, 0) is 69.2 Å². The molecule has 0 atom stereocenters. The molecule has 2 aromatic heterocycles. The highest BCUT2D eigenvalue weighted by Gasteiger charge is 2.25. The van der Waals surface area contributed by atoms with Crippen LogP contribution in [0.4, 0.5) is 0 Å². The summed E-state index contributed by atoms with van der Waals surface area (Å²) in [6, 6.07) is 16.1. The van der Waals surface area contributed by atoms with Crippen LogP contribution in [-0.4, -0.2) is 4.57 Å². The second-order valence-corrected chi connectivity index (χ2v) is 13.7. The lowest BCUT2D eigenvalue weighted by Crippen LogP contribution is -2.33. The summed E-state index contributed by atoms with van der Waals surface area (Å²) in [7, 11) is 0. The maximum atomic E-state index is 14.3. The van der Waals surface area contributed by atoms with Crippen LogP contribution in [-0.2, 0) is 0 Å². The molecule has 0 saturated heterocycles. The number of hydrogen-bond acceptors (Lipinski definition) is 3. The topological polar surface area (TPSA) is 39.1 Å². The van der Waals surface area contributed by atoms with Gasteiger partial charge in [-0.15, -0.1) is 11.3 Å². The maximum absolute atomic E-state index is 14.3. The Kier molecular flexibility index (Phi) is 6.14. The van der Waals surface area contributed by atoms with Gasteiger partial charge in [0, 0.05) is 39.7 Å². The minimum absolute atomic E-state index is 0.149. The van der Waals surface area contributed by atoms with Gasteiger partial charge in [0.1, 0.15) is 0 Å². The van der Waals surface area contributed by atoms with Crippen LogP contribution in [0.1, 0.15) is 50.7 Å². The summed E-state index contributed by atoms with van der Waals surface area (Å²) in [5.74, 6) is 0.298. The van der Waals surface area contributed by atoms with E-state index >= 15 is 0 Å². The van der Waals surface area contributed by atoms with Crippen LogP contribution in [0, 0.1) is 0 Å². The number of para-hydroxylation sites is 1. The minimum atomic E-state index is -0.280. The van der Waals surface area contributed by atoms with Crippen molar-refractivity contribution in [2.24, 2.45) is 0 Å². The van der Waals surface area contributed by atoms with E-state index in [1.807, 2.05) is 36.4 Å². The predicted molar refractivity (Wildman–Crippen MR) is 169 cm³/mol. The Morgan fingerprint density at radius 3 is 1.89 bits per heavy atom. The Bertz CT molecular complexity index is 1960. The summed E-state index contributed by atoms with van der Waals surface area (Å²) in [6.45, 7) is 8.39. The molecular weight excluding hydrogens is 678 g/mol. The average Bonchev–Trinajstić information content (AvgIpc) is 2.85. The molecule has 37 heavy (non-hydrogen) atoms. The average molecular weight is 700 g/mol. The van der Waals surface area contributed by atoms with E-state index in [4.69, 9.17) is 0 Å². The highest BCUT2D eigenvalue weighted by Crippen LogP contribution is 2.46. The summed E-state index contributed by atoms with van der Waals surface area (Å²) in [5, 5.41) is 4.83. The lowest BCUT2D eigenvalue weighted by molar-refractivity contribution is 0.792. The van der Waals surface area contributed by atoms with Crippen molar-refractivity contribution >= 4 is 101 Å². The second kappa shape index (κ2) is 9.01. The van der Waals surface area contributed by atoms with Crippen molar-refractivity contribution in [1.82, 2.24) is 4.57 Å². The number of benzene rings is 4. The smallest absolute Gasteiger partial charge is 0.266 e. The van der Waals surface area contributed by atoms with Crippen molar-refractivity contribution in [3.63, 3.8) is 0 Å². The molecule has 0 saturated carbocycles. The van der Waals surface area contributed by atoms with Gasteiger partial charge in [-0.2, -0.15) is 0 Å². The van der Waals surface area contributed by atoms with Crippen LogP contribution in [0.3, 0.4) is 0 Å². The standard InChI is InChI=1S/C30H22Br3NO2S/c1-13(2)16-6-5-7-17(14(3)4)27(16)34-29(35)19-11-21(32)25-18-10-15(31)8-9-23(18)37-28-22(33)12-20(30(34)36)24(19)26(25)28/h5-14H,1-4H3. The summed E-state index contributed by atoms with van der Waals surface area (Å²) >= 11 is 12.8. The molecular formula is C30H22Br3NO2S. The molecule has 0 N–H and O–H groups in total. The number of pyridine rings is 1. The third kappa shape index (κ3) is 3.68. The van der Waals surface area contributed by atoms with E-state index in [9.17, 15) is 9.59 Å². The SMILES string of the molecule is CC(C)c1cccc(C(C)C)c1-n1c(=O)c2cc(Br)c3sc4ccc(Br)cc4c4c(Br)cc(c1=O)c2c34. The third-order valence-electron chi connectivity index (χ3n) is 7.12. The Morgan fingerprint density at radius 2 is 1.30 bits per heavy atom. The largest absolute Gasteiger partial charge is 0.268 e. The van der Waals surface area contributed by atoms with E-state index in [1.54, 1.807) is 11.3 Å². The molecule has 6 rings (SSSR count). The van der Waals surface area contributed by atoms with Crippen molar-refractivity contribution in [2.45, 2.75) is 39.5 Å². The normalized spacial score (nSPS) is 12.4. The van der Waals surface area contributed by atoms with Crippen molar-refractivity contribution in [1.29, 1.82) is 0 Å². The van der Waals surface area contributed by atoms with Crippen molar-refractivity contribution in [3.05, 3.63) is 93.8 Å². The van der Waals surface area contributed by atoms with E-state index < -0.39 is 0 Å². The van der Waals surface area contributed by atoms with Gasteiger partial charge in [0.05, 0.1) is 21.2 Å². The van der Waals surface area contributed by atoms with Crippen molar-refractivity contribution in [3.8, 4) is 5.69 Å². The van der Waals surface area contributed by atoms with E-state index in [0.717, 1.165) is 61.2 Å². The zero-order chi connectivity index (χ0) is 26.3. The molecule has 4 aromatic carbocycles. The molecule has 0 radical (unpaired) electrons. The van der Waals surface area contributed by atoms with Crippen molar-refractivity contribution in [2.75, 3.05) is 0 Å². The number of fused-ring (bicyclic) bond motifs is 2. The molecule has 0 aliphatic heterocycles. The number of rotatable bonds is 3. The lowest BCUT2D eigenvalue weighted by Gasteiger charge is -2.22. The zero-order valence-electron chi connectivity index (χ0n) is 20.6. The molecule has 0 unspecified atom stereocenters. The van der Waals surface area contributed by atoms with Crippen LogP contribution < -0.4 is 11.1 Å². The Balaban J connectivity index is 1.90. The molecule has 0 spiro atoms. The van der Waals surface area contributed by atoms with Gasteiger partial charge < -0.3 is 0 Å². The first kappa shape index (κ1) is 25.2. The summed E-state index contributed by atoms with van der Waals surface area (Å²) < 4.78 is 6.23. The van der Waals surface area contributed by atoms with Crippen LogP contribution in [0.15, 0.2) is 71.5 Å². The Morgan fingerprint density at radius 1 is 0.703 bits per heavy atom. The molecule has 6 aromatic rings. The Hall–Kier alpha value is -2.06. The zero-order valence-corrected chi connectivity index (χ0v) is 26.2. The molecule has 0 bridgehead atoms. The fraction of sp³-hybridized carbons (Fsp3) is 0.200. The van der Waals surface area contributed by atoms with Gasteiger partial charge in [0.15, 0.2) is 0 Å². The molecule has 7 heteroatoms. The molecule has 0 fully saturated rings. The number of halogens is 3. The van der Waals surface area contributed by atoms with Gasteiger partial charge in [0.25, 0.3) is 11.1 Å². The molecule has 0 amide bonds. The van der Waals surface area contributed by atoms with Gasteiger partial charge in [-0.3, -0.25) is 9.59 Å². The van der Waals surface area contributed by atoms with Gasteiger partial charge in [-0.1, -0.05) is 77.8 Å². The first-order valence-corrected chi connectivity index (χ1v) is 15.3. The number of hydrogen-bond donors (Lipinski definition) is 0. The molecule has 0 aliphatic carbocycles. The Labute approximate surface area is 242 Å². The van der Waals surface area contributed by atoms with Crippen LogP contribution in [0.25, 0.3) is 47.4 Å². The molecule has 0 aliphatic rings. The minimum Gasteiger partial charge on any atom is -0.268 e. The fourth-order valence-electron chi connectivity index (χ4n) is 5.44. The molecule has 2 heterocycles.